The van der Waals surface area contributed by atoms with Crippen LogP contribution in [0, 0.1) is 36.5 Å². The first-order chi connectivity index (χ1) is 20.4. The number of H-pyrrole nitrogens is 1. The number of nitrogens with zero attached hydrogens (tertiary/aromatic N) is 1. The molecule has 0 spiro atoms. The van der Waals surface area contributed by atoms with Crippen LogP contribution < -0.4 is 14.5 Å². The van der Waals surface area contributed by atoms with Crippen LogP contribution in [0.15, 0.2) is 87.1 Å². The molecule has 8 rings (SSSR count). The van der Waals surface area contributed by atoms with Gasteiger partial charge in [0.05, 0.1) is 22.5 Å². The van der Waals surface area contributed by atoms with E-state index in [0.29, 0.717) is 12.3 Å². The first-order valence-electron chi connectivity index (χ1n) is 14.2. The number of ether oxygens (including phenoxy) is 1. The second kappa shape index (κ2) is 9.96. The van der Waals surface area contributed by atoms with Gasteiger partial charge in [-0.3, -0.25) is 19.3 Å². The van der Waals surface area contributed by atoms with Gasteiger partial charge in [0.25, 0.3) is 0 Å². The maximum atomic E-state index is 14.0. The van der Waals surface area contributed by atoms with Gasteiger partial charge < -0.3 is 9.72 Å². The molecule has 0 radical (unpaired) electrons. The quantitative estimate of drug-likeness (QED) is 0.240. The summed E-state index contributed by atoms with van der Waals surface area (Å²) in [5.74, 6) is 0.121. The number of amides is 2. The number of aryl methyl sites for hydroxylation is 1. The number of imide groups is 1. The van der Waals surface area contributed by atoms with E-state index in [1.54, 1.807) is 11.8 Å². The van der Waals surface area contributed by atoms with E-state index in [0.717, 1.165) is 37.7 Å². The number of halogens is 1. The van der Waals surface area contributed by atoms with Gasteiger partial charge in [0.2, 0.25) is 11.8 Å². The molecule has 1 N–H and O–H groups in total. The summed E-state index contributed by atoms with van der Waals surface area (Å²) in [6.07, 6.45) is 0.852. The number of hydrogen-bond acceptors (Lipinski definition) is 6. The highest BCUT2D eigenvalue weighted by Gasteiger charge is 2.69. The summed E-state index contributed by atoms with van der Waals surface area (Å²) in [7, 11) is 0. The smallest absolute Gasteiger partial charge is 0.305 e. The summed E-state index contributed by atoms with van der Waals surface area (Å²) in [5, 5.41) is 1.03. The molecule has 2 amide bonds. The van der Waals surface area contributed by atoms with Crippen molar-refractivity contribution in [1.29, 1.82) is 0 Å². The Hall–Kier alpha value is -3.14. The maximum absolute atomic E-state index is 14.0. The molecule has 1 aromatic heterocycles. The second-order valence-electron chi connectivity index (χ2n) is 11.7. The average Bonchev–Trinajstić information content (AvgIpc) is 3.72. The van der Waals surface area contributed by atoms with E-state index in [1.165, 1.54) is 21.8 Å². The Morgan fingerprint density at radius 2 is 1.64 bits per heavy atom. The van der Waals surface area contributed by atoms with Gasteiger partial charge in [-0.1, -0.05) is 69.7 Å². The largest absolute Gasteiger partial charge is 0.489 e. The predicted octanol–water partition coefficient (Wildman–Crippen LogP) is 6.76. The fourth-order valence-corrected chi connectivity index (χ4v) is 11.2. The molecule has 3 heterocycles. The van der Waals surface area contributed by atoms with Crippen LogP contribution in [0.1, 0.15) is 33.9 Å². The lowest BCUT2D eigenvalue weighted by atomic mass is 9.68. The van der Waals surface area contributed by atoms with Crippen LogP contribution in [0.3, 0.4) is 0 Å². The van der Waals surface area contributed by atoms with E-state index in [9.17, 15) is 14.4 Å². The van der Waals surface area contributed by atoms with Gasteiger partial charge in [-0.25, -0.2) is 0 Å². The number of hydrogen-bond donors (Lipinski definition) is 1. The third kappa shape index (κ3) is 3.93. The van der Waals surface area contributed by atoms with Crippen molar-refractivity contribution < 1.29 is 14.3 Å². The van der Waals surface area contributed by atoms with Crippen LogP contribution in [0.4, 0.5) is 5.69 Å². The molecule has 6 nitrogen and oxygen atoms in total. The predicted molar refractivity (Wildman–Crippen MR) is 167 cm³/mol. The zero-order chi connectivity index (χ0) is 28.7. The summed E-state index contributed by atoms with van der Waals surface area (Å²) in [4.78, 5) is 46.0. The molecule has 4 aliphatic rings. The van der Waals surface area contributed by atoms with Crippen molar-refractivity contribution >= 4 is 56.5 Å². The van der Waals surface area contributed by atoms with Gasteiger partial charge in [-0.15, -0.1) is 11.8 Å². The highest BCUT2D eigenvalue weighted by Crippen LogP contribution is 2.69. The van der Waals surface area contributed by atoms with Crippen molar-refractivity contribution in [2.45, 2.75) is 36.1 Å². The monoisotopic (exact) mass is 658 g/mol. The number of fused-ring (bicyclic) bond motifs is 9. The second-order valence-corrected chi connectivity index (χ2v) is 14.8. The molecule has 4 aromatic rings. The van der Waals surface area contributed by atoms with Crippen LogP contribution >= 0.6 is 39.0 Å². The van der Waals surface area contributed by atoms with Gasteiger partial charge in [0.15, 0.2) is 0 Å². The number of thioether (sulfide) groups is 1. The van der Waals surface area contributed by atoms with E-state index >= 15 is 0 Å². The molecule has 2 aliphatic carbocycles. The molecule has 212 valence electrons. The molecule has 7 atom stereocenters. The Morgan fingerprint density at radius 3 is 2.43 bits per heavy atom. The Labute approximate surface area is 259 Å². The van der Waals surface area contributed by atoms with Crippen LogP contribution in [-0.2, 0) is 16.2 Å². The summed E-state index contributed by atoms with van der Waals surface area (Å²) in [5.41, 5.74) is 3.98. The first-order valence-corrected chi connectivity index (χ1v) is 16.7. The molecule has 42 heavy (non-hydrogen) atoms. The van der Waals surface area contributed by atoms with Crippen LogP contribution in [0.5, 0.6) is 5.75 Å². The molecule has 2 aliphatic heterocycles. The van der Waals surface area contributed by atoms with Crippen molar-refractivity contribution in [2.24, 2.45) is 29.6 Å². The van der Waals surface area contributed by atoms with Crippen LogP contribution in [-0.4, -0.2) is 22.0 Å². The molecule has 6 unspecified atom stereocenters. The van der Waals surface area contributed by atoms with Crippen molar-refractivity contribution in [3.8, 4) is 5.75 Å². The topological polar surface area (TPSA) is 79.5 Å². The normalized spacial score (nSPS) is 29.0. The lowest BCUT2D eigenvalue weighted by molar-refractivity contribution is -0.123. The summed E-state index contributed by atoms with van der Waals surface area (Å²) >= 11 is 6.43. The van der Waals surface area contributed by atoms with Crippen LogP contribution in [0.2, 0.25) is 0 Å². The fraction of sp³-hybridized carbons (Fsp3) is 0.303. The van der Waals surface area contributed by atoms with Gasteiger partial charge in [0.1, 0.15) is 12.4 Å². The minimum absolute atomic E-state index is 0.0502. The van der Waals surface area contributed by atoms with E-state index in [1.807, 2.05) is 54.6 Å². The third-order valence-corrected chi connectivity index (χ3v) is 12.8. The molecule has 9 heteroatoms. The van der Waals surface area contributed by atoms with Crippen molar-refractivity contribution in [3.63, 3.8) is 0 Å². The Kier molecular flexibility index (Phi) is 6.28. The molecule has 2 saturated carbocycles. The summed E-state index contributed by atoms with van der Waals surface area (Å²) < 4.78 is 7.40. The number of aromatic amines is 1. The molecular weight excluding hydrogens is 632 g/mol. The van der Waals surface area contributed by atoms with E-state index < -0.39 is 0 Å². The number of carbonyl (C=O) groups excluding carboxylic acids is 2. The van der Waals surface area contributed by atoms with E-state index in [4.69, 9.17) is 4.74 Å². The van der Waals surface area contributed by atoms with E-state index in [2.05, 4.69) is 46.0 Å². The fourth-order valence-electron chi connectivity index (χ4n) is 8.01. The number of thiazole rings is 1. The highest BCUT2D eigenvalue weighted by atomic mass is 79.9. The van der Waals surface area contributed by atoms with Gasteiger partial charge in [-0.2, -0.15) is 0 Å². The Balaban J connectivity index is 1.19. The third-order valence-electron chi connectivity index (χ3n) is 9.71. The number of carbonyl (C=O) groups is 2. The van der Waals surface area contributed by atoms with Gasteiger partial charge in [-0.05, 0) is 72.6 Å². The molecule has 2 bridgehead atoms. The number of anilines is 1. The maximum Gasteiger partial charge on any atom is 0.305 e. The molecule has 3 aromatic carbocycles. The minimum atomic E-state index is -0.340. The lowest BCUT2D eigenvalue weighted by Crippen LogP contribution is -2.42. The number of aromatic nitrogens is 1. The molecule has 1 saturated heterocycles. The number of benzene rings is 3. The number of nitrogens with one attached hydrogen (secondary N) is 1. The Morgan fingerprint density at radius 1 is 0.929 bits per heavy atom. The molecule has 3 fully saturated rings. The zero-order valence-electron chi connectivity index (χ0n) is 22.7. The SMILES string of the molecule is Cc1ccccc1COc1ccccc1[C@H]1c2sc(=O)[nH]c2SC2C3CC(C4C(=O)N(c5ccc(Br)cc5)C(=O)C34)C21. The summed E-state index contributed by atoms with van der Waals surface area (Å²) in [6.45, 7) is 2.53. The van der Waals surface area contributed by atoms with Crippen molar-refractivity contribution in [3.05, 3.63) is 109 Å². The van der Waals surface area contributed by atoms with Crippen molar-refractivity contribution in [1.82, 2.24) is 4.98 Å². The van der Waals surface area contributed by atoms with Gasteiger partial charge >= 0.3 is 4.87 Å². The van der Waals surface area contributed by atoms with Crippen molar-refractivity contribution in [2.75, 3.05) is 4.90 Å². The standard InChI is InChI=1S/C33H27BrN2O4S2/c1-16-6-2-3-7-17(16)15-40-23-9-5-4-8-20(23)24-25-21-14-22(28(25)41-30-29(24)42-33(39)35-30)27-26(21)31(37)36(32(27)38)19-12-10-18(34)11-13-19/h2-13,21-22,24-28H,14-15H2,1H3,(H,35,39)/t21?,22?,24-,25?,26?,27?,28?/m1/s1. The first kappa shape index (κ1) is 26.5. The van der Waals surface area contributed by atoms with Gasteiger partial charge in [0, 0.05) is 26.1 Å². The minimum Gasteiger partial charge on any atom is -0.489 e. The zero-order valence-corrected chi connectivity index (χ0v) is 25.9. The van der Waals surface area contributed by atoms with Crippen LogP contribution in [0.25, 0.3) is 0 Å². The lowest BCUT2D eigenvalue weighted by Gasteiger charge is -2.43. The number of rotatable bonds is 5. The number of para-hydroxylation sites is 1. The Bertz CT molecular complexity index is 1800. The molecular formula is C33H27BrN2O4S2. The highest BCUT2D eigenvalue weighted by molar-refractivity contribution is 9.10. The van der Waals surface area contributed by atoms with E-state index in [-0.39, 0.29) is 57.4 Å². The average molecular weight is 660 g/mol. The summed E-state index contributed by atoms with van der Waals surface area (Å²) in [6, 6.07) is 23.7.